The number of likely N-dealkylation sites (tertiary alicyclic amines) is 1. The topological polar surface area (TPSA) is 73.1 Å². The third-order valence-corrected chi connectivity index (χ3v) is 5.45. The van der Waals surface area contributed by atoms with Crippen LogP contribution in [0.5, 0.6) is 5.75 Å². The van der Waals surface area contributed by atoms with Crippen LogP contribution < -0.4 is 4.74 Å². The molecule has 1 saturated carbocycles. The highest BCUT2D eigenvalue weighted by atomic mass is 16.5. The molecule has 1 aliphatic carbocycles. The number of carbonyl (C=O) groups is 1. The molecular formula is C19H25N5O2. The van der Waals surface area contributed by atoms with E-state index >= 15 is 0 Å². The molecule has 0 unspecified atom stereocenters. The number of ether oxygens (including phenoxy) is 1. The lowest BCUT2D eigenvalue weighted by Crippen LogP contribution is -2.50. The molecule has 138 valence electrons. The first-order valence-electron chi connectivity index (χ1n) is 9.53. The van der Waals surface area contributed by atoms with Gasteiger partial charge in [0, 0.05) is 12.6 Å². The van der Waals surface area contributed by atoms with Gasteiger partial charge in [-0.3, -0.25) is 4.79 Å². The Morgan fingerprint density at radius 1 is 1.12 bits per heavy atom. The van der Waals surface area contributed by atoms with Crippen LogP contribution in [-0.4, -0.2) is 43.6 Å². The van der Waals surface area contributed by atoms with Gasteiger partial charge >= 0.3 is 0 Å². The van der Waals surface area contributed by atoms with Gasteiger partial charge in [-0.25, -0.2) is 0 Å². The molecule has 0 N–H and O–H groups in total. The van der Waals surface area contributed by atoms with Gasteiger partial charge in [0.25, 0.3) is 0 Å². The molecule has 0 bridgehead atoms. The highest BCUT2D eigenvalue weighted by Crippen LogP contribution is 2.35. The van der Waals surface area contributed by atoms with Crippen molar-refractivity contribution in [2.45, 2.75) is 57.7 Å². The summed E-state index contributed by atoms with van der Waals surface area (Å²) < 4.78 is 5.62. The molecule has 2 aromatic rings. The quantitative estimate of drug-likeness (QED) is 0.824. The largest absolute Gasteiger partial charge is 0.485 e. The summed E-state index contributed by atoms with van der Waals surface area (Å²) in [6.45, 7) is 1.26. The standard InChI is InChI=1S/C19H25N5O2/c25-19(23-12-6-8-15-7-4-5-11-17(15)23)13-24-21-18(20-22-24)14-26-16-9-2-1-3-10-16/h1-3,9-10,15,17H,4-8,11-14H2/t15-,17-/m0/s1. The second-order valence-electron chi connectivity index (χ2n) is 7.18. The molecule has 2 fully saturated rings. The van der Waals surface area contributed by atoms with E-state index < -0.39 is 0 Å². The van der Waals surface area contributed by atoms with Gasteiger partial charge in [-0.05, 0) is 48.9 Å². The zero-order chi connectivity index (χ0) is 17.8. The van der Waals surface area contributed by atoms with Crippen molar-refractivity contribution in [2.24, 2.45) is 5.92 Å². The predicted molar refractivity (Wildman–Crippen MR) is 95.3 cm³/mol. The Morgan fingerprint density at radius 2 is 1.92 bits per heavy atom. The van der Waals surface area contributed by atoms with Crippen molar-refractivity contribution in [2.75, 3.05) is 6.54 Å². The van der Waals surface area contributed by atoms with Crippen LogP contribution in [0.25, 0.3) is 0 Å². The zero-order valence-corrected chi connectivity index (χ0v) is 15.0. The maximum atomic E-state index is 12.8. The summed E-state index contributed by atoms with van der Waals surface area (Å²) >= 11 is 0. The first-order valence-corrected chi connectivity index (χ1v) is 9.53. The van der Waals surface area contributed by atoms with Gasteiger partial charge in [-0.2, -0.15) is 4.80 Å². The van der Waals surface area contributed by atoms with Crippen molar-refractivity contribution in [1.82, 2.24) is 25.1 Å². The smallest absolute Gasteiger partial charge is 0.246 e. The lowest BCUT2D eigenvalue weighted by Gasteiger charge is -2.44. The first-order chi connectivity index (χ1) is 12.8. The van der Waals surface area contributed by atoms with E-state index in [9.17, 15) is 4.79 Å². The fraction of sp³-hybridized carbons (Fsp3) is 0.579. The normalized spacial score (nSPS) is 22.7. The Labute approximate surface area is 153 Å². The summed E-state index contributed by atoms with van der Waals surface area (Å²) in [7, 11) is 0. The highest BCUT2D eigenvalue weighted by Gasteiger charge is 2.35. The number of para-hydroxylation sites is 1. The molecule has 2 atom stereocenters. The number of hydrogen-bond donors (Lipinski definition) is 0. The van der Waals surface area contributed by atoms with Gasteiger partial charge in [-0.15, -0.1) is 10.2 Å². The summed E-state index contributed by atoms with van der Waals surface area (Å²) in [5, 5.41) is 12.3. The van der Waals surface area contributed by atoms with Crippen LogP contribution in [0.4, 0.5) is 0 Å². The van der Waals surface area contributed by atoms with Crippen LogP contribution >= 0.6 is 0 Å². The molecule has 1 aromatic heterocycles. The maximum absolute atomic E-state index is 12.8. The van der Waals surface area contributed by atoms with Crippen LogP contribution in [0.2, 0.25) is 0 Å². The maximum Gasteiger partial charge on any atom is 0.246 e. The molecule has 1 aliphatic heterocycles. The van der Waals surface area contributed by atoms with Crippen LogP contribution in [0.15, 0.2) is 30.3 Å². The number of piperidine rings is 1. The van der Waals surface area contributed by atoms with Gasteiger partial charge in [0.2, 0.25) is 11.7 Å². The predicted octanol–water partition coefficient (Wildman–Crippen LogP) is 2.43. The molecule has 26 heavy (non-hydrogen) atoms. The minimum Gasteiger partial charge on any atom is -0.485 e. The van der Waals surface area contributed by atoms with Crippen molar-refractivity contribution in [3.63, 3.8) is 0 Å². The van der Waals surface area contributed by atoms with Crippen LogP contribution in [0.1, 0.15) is 44.3 Å². The SMILES string of the molecule is O=C(Cn1nnc(COc2ccccc2)n1)N1CCC[C@@H]2CCCC[C@@H]21. The number of amides is 1. The Kier molecular flexibility index (Phi) is 5.13. The van der Waals surface area contributed by atoms with Crippen molar-refractivity contribution < 1.29 is 9.53 Å². The van der Waals surface area contributed by atoms with E-state index in [1.807, 2.05) is 30.3 Å². The van der Waals surface area contributed by atoms with Crippen LogP contribution in [0.3, 0.4) is 0 Å². The fourth-order valence-electron chi connectivity index (χ4n) is 4.21. The number of fused-ring (bicyclic) bond motifs is 1. The summed E-state index contributed by atoms with van der Waals surface area (Å²) in [5.74, 6) is 2.03. The minimum atomic E-state index is 0.106. The third-order valence-electron chi connectivity index (χ3n) is 5.45. The fourth-order valence-corrected chi connectivity index (χ4v) is 4.21. The van der Waals surface area contributed by atoms with Crippen molar-refractivity contribution >= 4 is 5.91 Å². The first kappa shape index (κ1) is 17.0. The monoisotopic (exact) mass is 355 g/mol. The number of rotatable bonds is 5. The average Bonchev–Trinajstić information content (AvgIpc) is 3.14. The summed E-state index contributed by atoms with van der Waals surface area (Å²) in [6.07, 6.45) is 7.30. The molecule has 1 aromatic carbocycles. The van der Waals surface area contributed by atoms with Crippen LogP contribution in [-0.2, 0) is 17.9 Å². The molecule has 2 aliphatic rings. The Balaban J connectivity index is 1.33. The van der Waals surface area contributed by atoms with Crippen LogP contribution in [0, 0.1) is 5.92 Å². The summed E-state index contributed by atoms with van der Waals surface area (Å²) in [5.41, 5.74) is 0. The molecule has 7 nitrogen and oxygen atoms in total. The average molecular weight is 355 g/mol. The Morgan fingerprint density at radius 3 is 2.81 bits per heavy atom. The van der Waals surface area contributed by atoms with E-state index in [-0.39, 0.29) is 19.1 Å². The van der Waals surface area contributed by atoms with E-state index in [2.05, 4.69) is 20.3 Å². The van der Waals surface area contributed by atoms with Gasteiger partial charge in [-0.1, -0.05) is 31.0 Å². The van der Waals surface area contributed by atoms with Crippen molar-refractivity contribution in [3.05, 3.63) is 36.2 Å². The molecule has 0 radical (unpaired) electrons. The molecule has 4 rings (SSSR count). The van der Waals surface area contributed by atoms with E-state index in [1.54, 1.807) is 0 Å². The number of benzene rings is 1. The molecular weight excluding hydrogens is 330 g/mol. The Bertz CT molecular complexity index is 731. The van der Waals surface area contributed by atoms with E-state index in [0.717, 1.165) is 25.1 Å². The second kappa shape index (κ2) is 7.85. The number of carbonyl (C=O) groups excluding carboxylic acids is 1. The lowest BCUT2D eigenvalue weighted by molar-refractivity contribution is -0.138. The molecule has 1 saturated heterocycles. The van der Waals surface area contributed by atoms with Gasteiger partial charge in [0.15, 0.2) is 6.61 Å². The lowest BCUT2D eigenvalue weighted by atomic mass is 9.78. The van der Waals surface area contributed by atoms with Gasteiger partial charge < -0.3 is 9.64 Å². The van der Waals surface area contributed by atoms with E-state index in [1.165, 1.54) is 30.5 Å². The molecule has 2 heterocycles. The number of nitrogens with zero attached hydrogens (tertiary/aromatic N) is 5. The number of aromatic nitrogens is 4. The summed E-state index contributed by atoms with van der Waals surface area (Å²) in [4.78, 5) is 16.2. The van der Waals surface area contributed by atoms with E-state index in [4.69, 9.17) is 4.74 Å². The second-order valence-corrected chi connectivity index (χ2v) is 7.18. The molecule has 0 spiro atoms. The number of tetrazole rings is 1. The van der Waals surface area contributed by atoms with Gasteiger partial charge in [0.1, 0.15) is 12.3 Å². The minimum absolute atomic E-state index is 0.106. The molecule has 7 heteroatoms. The number of hydrogen-bond acceptors (Lipinski definition) is 5. The third kappa shape index (κ3) is 3.86. The zero-order valence-electron chi connectivity index (χ0n) is 15.0. The highest BCUT2D eigenvalue weighted by molar-refractivity contribution is 5.76. The van der Waals surface area contributed by atoms with Crippen molar-refractivity contribution in [1.29, 1.82) is 0 Å². The van der Waals surface area contributed by atoms with Gasteiger partial charge in [0.05, 0.1) is 0 Å². The molecule has 1 amide bonds. The van der Waals surface area contributed by atoms with Crippen molar-refractivity contribution in [3.8, 4) is 5.75 Å². The van der Waals surface area contributed by atoms with E-state index in [0.29, 0.717) is 17.8 Å². The summed E-state index contributed by atoms with van der Waals surface area (Å²) in [6, 6.07) is 9.93. The Hall–Kier alpha value is -2.44.